The van der Waals surface area contributed by atoms with Crippen LogP contribution in [-0.4, -0.2) is 8.42 Å². The molecule has 0 bridgehead atoms. The largest absolute Gasteiger partial charge is 0.326 e. The highest BCUT2D eigenvalue weighted by molar-refractivity contribution is 7.92. The van der Waals surface area contributed by atoms with Crippen molar-refractivity contribution in [1.82, 2.24) is 0 Å². The molecular weight excluding hydrogens is 308 g/mol. The van der Waals surface area contributed by atoms with Crippen LogP contribution >= 0.6 is 11.6 Å². The molecule has 0 aliphatic carbocycles. The van der Waals surface area contributed by atoms with E-state index in [1.165, 1.54) is 12.1 Å². The second kappa shape index (κ2) is 6.05. The summed E-state index contributed by atoms with van der Waals surface area (Å²) in [4.78, 5) is 0.116. The molecule has 0 saturated carbocycles. The van der Waals surface area contributed by atoms with Crippen LogP contribution in [-0.2, 0) is 16.6 Å². The summed E-state index contributed by atoms with van der Waals surface area (Å²) in [5.41, 5.74) is 8.63. The molecule has 2 aromatic rings. The van der Waals surface area contributed by atoms with E-state index in [2.05, 4.69) is 4.72 Å². The number of anilines is 1. The van der Waals surface area contributed by atoms with Crippen LogP contribution in [0.4, 0.5) is 5.69 Å². The maximum atomic E-state index is 12.4. The van der Waals surface area contributed by atoms with Crippen LogP contribution in [0.1, 0.15) is 16.7 Å². The molecular formula is C15H17ClN2O2S. The lowest BCUT2D eigenvalue weighted by atomic mass is 10.1. The average molecular weight is 325 g/mol. The van der Waals surface area contributed by atoms with Gasteiger partial charge in [-0.2, -0.15) is 0 Å². The quantitative estimate of drug-likeness (QED) is 0.907. The number of hydrogen-bond acceptors (Lipinski definition) is 3. The Morgan fingerprint density at radius 2 is 1.86 bits per heavy atom. The summed E-state index contributed by atoms with van der Waals surface area (Å²) in [6.07, 6.45) is 0. The van der Waals surface area contributed by atoms with Gasteiger partial charge in [0.2, 0.25) is 0 Å². The van der Waals surface area contributed by atoms with Crippen molar-refractivity contribution >= 4 is 27.3 Å². The third-order valence-corrected chi connectivity index (χ3v) is 4.91. The molecule has 0 aromatic heterocycles. The van der Waals surface area contributed by atoms with Crippen molar-refractivity contribution in [2.24, 2.45) is 5.73 Å². The normalized spacial score (nSPS) is 11.4. The molecule has 3 N–H and O–H groups in total. The van der Waals surface area contributed by atoms with Gasteiger partial charge >= 0.3 is 0 Å². The molecule has 0 aliphatic heterocycles. The SMILES string of the molecule is Cc1ccc(C)c(NS(=O)(=O)c2ccc(CN)c(Cl)c2)c1. The van der Waals surface area contributed by atoms with E-state index in [4.69, 9.17) is 17.3 Å². The van der Waals surface area contributed by atoms with E-state index in [0.29, 0.717) is 16.3 Å². The number of halogens is 1. The molecule has 0 atom stereocenters. The Morgan fingerprint density at radius 3 is 2.48 bits per heavy atom. The van der Waals surface area contributed by atoms with Crippen LogP contribution in [0, 0.1) is 13.8 Å². The molecule has 0 radical (unpaired) electrons. The molecule has 6 heteroatoms. The molecule has 0 spiro atoms. The highest BCUT2D eigenvalue weighted by Crippen LogP contribution is 2.24. The van der Waals surface area contributed by atoms with Gasteiger partial charge in [-0.1, -0.05) is 29.8 Å². The molecule has 2 aromatic carbocycles. The standard InChI is InChI=1S/C15H17ClN2O2S/c1-10-3-4-11(2)15(7-10)18-21(19,20)13-6-5-12(9-17)14(16)8-13/h3-8,18H,9,17H2,1-2H3. The molecule has 112 valence electrons. The third kappa shape index (κ3) is 3.56. The van der Waals surface area contributed by atoms with Crippen LogP contribution in [0.2, 0.25) is 5.02 Å². The van der Waals surface area contributed by atoms with Gasteiger partial charge in [0.25, 0.3) is 10.0 Å². The zero-order valence-electron chi connectivity index (χ0n) is 11.9. The topological polar surface area (TPSA) is 72.2 Å². The van der Waals surface area contributed by atoms with Crippen molar-refractivity contribution < 1.29 is 8.42 Å². The van der Waals surface area contributed by atoms with Crippen molar-refractivity contribution in [2.75, 3.05) is 4.72 Å². The Morgan fingerprint density at radius 1 is 1.14 bits per heavy atom. The lowest BCUT2D eigenvalue weighted by Gasteiger charge is -2.12. The number of sulfonamides is 1. The first-order chi connectivity index (χ1) is 9.83. The first-order valence-electron chi connectivity index (χ1n) is 6.42. The smallest absolute Gasteiger partial charge is 0.261 e. The first kappa shape index (κ1) is 15.8. The predicted molar refractivity (Wildman–Crippen MR) is 86.1 cm³/mol. The fourth-order valence-electron chi connectivity index (χ4n) is 1.91. The highest BCUT2D eigenvalue weighted by Gasteiger charge is 2.16. The molecule has 0 aliphatic rings. The van der Waals surface area contributed by atoms with Gasteiger partial charge < -0.3 is 5.73 Å². The zero-order valence-corrected chi connectivity index (χ0v) is 13.4. The first-order valence-corrected chi connectivity index (χ1v) is 8.28. The summed E-state index contributed by atoms with van der Waals surface area (Å²) in [5.74, 6) is 0. The highest BCUT2D eigenvalue weighted by atomic mass is 35.5. The number of hydrogen-bond donors (Lipinski definition) is 2. The number of nitrogens with one attached hydrogen (secondary N) is 1. The van der Waals surface area contributed by atoms with Crippen molar-refractivity contribution in [3.8, 4) is 0 Å². The van der Waals surface area contributed by atoms with E-state index in [0.717, 1.165) is 11.1 Å². The Labute approximate surface area is 130 Å². The van der Waals surface area contributed by atoms with E-state index in [1.807, 2.05) is 26.0 Å². The number of aryl methyl sites for hydroxylation is 2. The molecule has 0 heterocycles. The lowest BCUT2D eigenvalue weighted by molar-refractivity contribution is 0.601. The minimum Gasteiger partial charge on any atom is -0.326 e. The minimum absolute atomic E-state index is 0.116. The van der Waals surface area contributed by atoms with Gasteiger partial charge in [-0.25, -0.2) is 8.42 Å². The molecule has 21 heavy (non-hydrogen) atoms. The van der Waals surface area contributed by atoms with E-state index in [-0.39, 0.29) is 11.4 Å². The molecule has 0 unspecified atom stereocenters. The summed E-state index contributed by atoms with van der Waals surface area (Å²) in [5, 5.41) is 0.348. The Balaban J connectivity index is 2.38. The van der Waals surface area contributed by atoms with Crippen LogP contribution in [0.25, 0.3) is 0 Å². The van der Waals surface area contributed by atoms with Gasteiger partial charge in [0.05, 0.1) is 10.6 Å². The average Bonchev–Trinajstić information content (AvgIpc) is 2.42. The fourth-order valence-corrected chi connectivity index (χ4v) is 3.38. The van der Waals surface area contributed by atoms with Gasteiger partial charge in [-0.05, 0) is 48.7 Å². The van der Waals surface area contributed by atoms with E-state index in [1.54, 1.807) is 12.1 Å². The van der Waals surface area contributed by atoms with Crippen molar-refractivity contribution in [2.45, 2.75) is 25.3 Å². The molecule has 0 amide bonds. The lowest BCUT2D eigenvalue weighted by Crippen LogP contribution is -2.14. The van der Waals surface area contributed by atoms with Crippen molar-refractivity contribution in [3.63, 3.8) is 0 Å². The van der Waals surface area contributed by atoms with E-state index < -0.39 is 10.0 Å². The minimum atomic E-state index is -3.68. The summed E-state index contributed by atoms with van der Waals surface area (Å²) < 4.78 is 27.4. The summed E-state index contributed by atoms with van der Waals surface area (Å²) in [6.45, 7) is 4.02. The number of rotatable bonds is 4. The maximum Gasteiger partial charge on any atom is 0.261 e. The number of nitrogens with two attached hydrogens (primary N) is 1. The Kier molecular flexibility index (Phi) is 4.56. The summed E-state index contributed by atoms with van der Waals surface area (Å²) in [6, 6.07) is 10.1. The summed E-state index contributed by atoms with van der Waals surface area (Å²) in [7, 11) is -3.68. The Hall–Kier alpha value is -1.56. The second-order valence-electron chi connectivity index (χ2n) is 4.88. The van der Waals surface area contributed by atoms with Crippen molar-refractivity contribution in [3.05, 3.63) is 58.1 Å². The molecule has 2 rings (SSSR count). The van der Waals surface area contributed by atoms with E-state index in [9.17, 15) is 8.42 Å². The zero-order chi connectivity index (χ0) is 15.6. The van der Waals surface area contributed by atoms with Crippen LogP contribution in [0.3, 0.4) is 0 Å². The molecule has 0 fully saturated rings. The van der Waals surface area contributed by atoms with Gasteiger partial charge in [0, 0.05) is 11.6 Å². The fraction of sp³-hybridized carbons (Fsp3) is 0.200. The van der Waals surface area contributed by atoms with Gasteiger partial charge in [0.15, 0.2) is 0 Å². The van der Waals surface area contributed by atoms with Crippen LogP contribution in [0.15, 0.2) is 41.3 Å². The van der Waals surface area contributed by atoms with Crippen LogP contribution in [0.5, 0.6) is 0 Å². The molecule has 0 saturated heterocycles. The predicted octanol–water partition coefficient (Wildman–Crippen LogP) is 3.22. The van der Waals surface area contributed by atoms with Gasteiger partial charge in [-0.3, -0.25) is 4.72 Å². The third-order valence-electron chi connectivity index (χ3n) is 3.19. The monoisotopic (exact) mass is 324 g/mol. The van der Waals surface area contributed by atoms with E-state index >= 15 is 0 Å². The summed E-state index contributed by atoms with van der Waals surface area (Å²) >= 11 is 6.02. The molecule has 4 nitrogen and oxygen atoms in total. The Bertz CT molecular complexity index is 773. The number of benzene rings is 2. The van der Waals surface area contributed by atoms with Crippen LogP contribution < -0.4 is 10.5 Å². The van der Waals surface area contributed by atoms with Crippen molar-refractivity contribution in [1.29, 1.82) is 0 Å². The maximum absolute atomic E-state index is 12.4. The van der Waals surface area contributed by atoms with Gasteiger partial charge in [-0.15, -0.1) is 0 Å². The van der Waals surface area contributed by atoms with Gasteiger partial charge in [0.1, 0.15) is 0 Å². The second-order valence-corrected chi connectivity index (χ2v) is 6.97.